The predicted octanol–water partition coefficient (Wildman–Crippen LogP) is -1.19. The molecule has 5 atom stereocenters. The van der Waals surface area contributed by atoms with Crippen LogP contribution in [0, 0.1) is 5.92 Å². The molecule has 202 valence electrons. The lowest BCUT2D eigenvalue weighted by Gasteiger charge is -2.27. The maximum Gasteiger partial charge on any atom is 0.328 e. The number of carboxylic acid groups (broad SMARTS) is 1. The molecule has 37 heavy (non-hydrogen) atoms. The first-order valence-corrected chi connectivity index (χ1v) is 11.8. The molecule has 13 nitrogen and oxygen atoms in total. The van der Waals surface area contributed by atoms with Crippen molar-refractivity contribution in [1.82, 2.24) is 25.9 Å². The molecule has 0 radical (unpaired) electrons. The van der Waals surface area contributed by atoms with Crippen molar-refractivity contribution in [3.63, 3.8) is 0 Å². The summed E-state index contributed by atoms with van der Waals surface area (Å²) < 4.78 is 0. The van der Waals surface area contributed by atoms with Gasteiger partial charge < -0.3 is 42.0 Å². The Morgan fingerprint density at radius 2 is 1.65 bits per heavy atom. The Balaban J connectivity index is 2.16. The van der Waals surface area contributed by atoms with Gasteiger partial charge in [-0.05, 0) is 30.0 Å². The van der Waals surface area contributed by atoms with Gasteiger partial charge in [0.25, 0.3) is 0 Å². The Morgan fingerprint density at radius 1 is 1.00 bits per heavy atom. The number of aliphatic hydroxyl groups excluding tert-OH is 1. The fourth-order valence-electron chi connectivity index (χ4n) is 3.49. The molecule has 1 aromatic heterocycles. The second kappa shape index (κ2) is 13.9. The molecule has 0 aliphatic carbocycles. The second-order valence-electron chi connectivity index (χ2n) is 8.77. The first kappa shape index (κ1) is 29.3. The number of carbonyl (C=O) groups is 4. The van der Waals surface area contributed by atoms with Gasteiger partial charge in [0.2, 0.25) is 17.7 Å². The van der Waals surface area contributed by atoms with E-state index in [2.05, 4.69) is 25.9 Å². The lowest BCUT2D eigenvalue weighted by molar-refractivity contribution is -0.143. The normalized spacial score (nSPS) is 15.0. The van der Waals surface area contributed by atoms with Gasteiger partial charge in [-0.1, -0.05) is 32.4 Å². The number of hydrogen-bond acceptors (Lipinski definition) is 8. The maximum absolute atomic E-state index is 13.3. The standard InChI is InChI=1S/C24H34N6O7/c1-3-13(2)20(30-21(33)17(25)8-14-4-6-16(32)7-5-14)23(35)28-18(9-15-10-26-12-27-15)22(34)29-19(11-31)24(36)37/h4-7,10,12-13,17-20,31-32H,3,8-9,11,25H2,1-2H3,(H,26,27)(H,28,35)(H,29,34)(H,30,33)(H,36,37). The SMILES string of the molecule is CCC(C)C(NC(=O)C(N)Cc1ccc(O)cc1)C(=O)NC(Cc1cnc[nH]1)C(=O)NC(CO)C(=O)O. The third-order valence-corrected chi connectivity index (χ3v) is 5.93. The number of aliphatic hydroxyl groups is 1. The summed E-state index contributed by atoms with van der Waals surface area (Å²) in [6, 6.07) is 1.43. The monoisotopic (exact) mass is 518 g/mol. The molecule has 0 saturated carbocycles. The summed E-state index contributed by atoms with van der Waals surface area (Å²) in [7, 11) is 0. The number of nitrogens with one attached hydrogen (secondary N) is 4. The molecule has 0 aliphatic rings. The average molecular weight is 519 g/mol. The highest BCUT2D eigenvalue weighted by Gasteiger charge is 2.32. The zero-order chi connectivity index (χ0) is 27.5. The predicted molar refractivity (Wildman–Crippen MR) is 132 cm³/mol. The number of rotatable bonds is 14. The van der Waals surface area contributed by atoms with Gasteiger partial charge >= 0.3 is 5.97 Å². The summed E-state index contributed by atoms with van der Waals surface area (Å²) in [5, 5.41) is 35.3. The zero-order valence-corrected chi connectivity index (χ0v) is 20.7. The Kier molecular flexibility index (Phi) is 11.0. The van der Waals surface area contributed by atoms with Crippen molar-refractivity contribution >= 4 is 23.7 Å². The fraction of sp³-hybridized carbons (Fsp3) is 0.458. The van der Waals surface area contributed by atoms with Crippen LogP contribution in [0.3, 0.4) is 0 Å². The van der Waals surface area contributed by atoms with Gasteiger partial charge in [0.15, 0.2) is 0 Å². The highest BCUT2D eigenvalue weighted by molar-refractivity contribution is 5.94. The summed E-state index contributed by atoms with van der Waals surface area (Å²) >= 11 is 0. The van der Waals surface area contributed by atoms with E-state index in [0.29, 0.717) is 12.1 Å². The molecular formula is C24H34N6O7. The van der Waals surface area contributed by atoms with Crippen LogP contribution in [0.25, 0.3) is 0 Å². The first-order valence-electron chi connectivity index (χ1n) is 11.8. The molecule has 1 heterocycles. The number of nitrogens with two attached hydrogens (primary N) is 1. The van der Waals surface area contributed by atoms with E-state index in [9.17, 15) is 29.4 Å². The minimum Gasteiger partial charge on any atom is -0.508 e. The van der Waals surface area contributed by atoms with E-state index in [-0.39, 0.29) is 24.5 Å². The van der Waals surface area contributed by atoms with Crippen molar-refractivity contribution in [3.05, 3.63) is 48.0 Å². The van der Waals surface area contributed by atoms with Crippen LogP contribution in [0.1, 0.15) is 31.5 Å². The molecule has 0 bridgehead atoms. The second-order valence-corrected chi connectivity index (χ2v) is 8.77. The maximum atomic E-state index is 13.3. The average Bonchev–Trinajstić information content (AvgIpc) is 3.38. The Labute approximate surface area is 213 Å². The van der Waals surface area contributed by atoms with Crippen LogP contribution >= 0.6 is 0 Å². The molecule has 5 unspecified atom stereocenters. The van der Waals surface area contributed by atoms with Crippen LogP contribution in [0.5, 0.6) is 5.75 Å². The number of hydrogen-bond donors (Lipinski definition) is 8. The van der Waals surface area contributed by atoms with Crippen molar-refractivity contribution in [2.75, 3.05) is 6.61 Å². The van der Waals surface area contributed by atoms with Crippen LogP contribution in [0.4, 0.5) is 0 Å². The van der Waals surface area contributed by atoms with Gasteiger partial charge in [-0.25, -0.2) is 9.78 Å². The number of aliphatic carboxylic acids is 1. The zero-order valence-electron chi connectivity index (χ0n) is 20.7. The molecule has 0 spiro atoms. The topological polar surface area (TPSA) is 220 Å². The van der Waals surface area contributed by atoms with E-state index in [1.807, 2.05) is 6.92 Å². The molecule has 1 aromatic carbocycles. The number of carboxylic acids is 1. The molecule has 0 fully saturated rings. The highest BCUT2D eigenvalue weighted by atomic mass is 16.4. The summed E-state index contributed by atoms with van der Waals surface area (Å²) in [5.74, 6) is -3.75. The van der Waals surface area contributed by atoms with Gasteiger partial charge in [0, 0.05) is 18.3 Å². The van der Waals surface area contributed by atoms with E-state index in [1.165, 1.54) is 24.7 Å². The first-order chi connectivity index (χ1) is 17.5. The Morgan fingerprint density at radius 3 is 2.19 bits per heavy atom. The van der Waals surface area contributed by atoms with E-state index < -0.39 is 54.5 Å². The number of benzene rings is 1. The quantitative estimate of drug-likeness (QED) is 0.150. The number of amides is 3. The van der Waals surface area contributed by atoms with Gasteiger partial charge in [0.05, 0.1) is 19.0 Å². The Bertz CT molecular complexity index is 1040. The van der Waals surface area contributed by atoms with Gasteiger partial charge in [-0.2, -0.15) is 0 Å². The lowest BCUT2D eigenvalue weighted by atomic mass is 9.96. The smallest absolute Gasteiger partial charge is 0.328 e. The minimum absolute atomic E-state index is 0.0448. The number of imidazole rings is 1. The van der Waals surface area contributed by atoms with Crippen molar-refractivity contribution in [2.45, 2.75) is 57.3 Å². The van der Waals surface area contributed by atoms with Crippen LogP contribution in [-0.2, 0) is 32.0 Å². The van der Waals surface area contributed by atoms with E-state index in [1.54, 1.807) is 19.1 Å². The number of aromatic hydroxyl groups is 1. The molecule has 3 amide bonds. The van der Waals surface area contributed by atoms with Gasteiger partial charge in [0.1, 0.15) is 23.9 Å². The van der Waals surface area contributed by atoms with Gasteiger partial charge in [-0.3, -0.25) is 14.4 Å². The van der Waals surface area contributed by atoms with Crippen molar-refractivity contribution in [3.8, 4) is 5.75 Å². The number of phenols is 1. The molecule has 0 saturated heterocycles. The van der Waals surface area contributed by atoms with E-state index in [4.69, 9.17) is 10.8 Å². The molecule has 13 heteroatoms. The number of phenolic OH excluding ortho intramolecular Hbond substituents is 1. The molecule has 2 rings (SSSR count). The number of aromatic amines is 1. The number of H-pyrrole nitrogens is 1. The lowest BCUT2D eigenvalue weighted by Crippen LogP contribution is -2.59. The molecule has 9 N–H and O–H groups in total. The summed E-state index contributed by atoms with van der Waals surface area (Å²) in [5.41, 5.74) is 7.27. The van der Waals surface area contributed by atoms with Crippen molar-refractivity contribution in [1.29, 1.82) is 0 Å². The van der Waals surface area contributed by atoms with Crippen LogP contribution < -0.4 is 21.7 Å². The third kappa shape index (κ3) is 8.88. The number of carbonyl (C=O) groups excluding carboxylic acids is 3. The largest absolute Gasteiger partial charge is 0.508 e. The summed E-state index contributed by atoms with van der Waals surface area (Å²) in [6.07, 6.45) is 3.48. The minimum atomic E-state index is -1.56. The van der Waals surface area contributed by atoms with Crippen LogP contribution in [0.2, 0.25) is 0 Å². The fourth-order valence-corrected chi connectivity index (χ4v) is 3.49. The van der Waals surface area contributed by atoms with Crippen molar-refractivity contribution < 1.29 is 34.5 Å². The molecule has 0 aliphatic heterocycles. The van der Waals surface area contributed by atoms with E-state index >= 15 is 0 Å². The summed E-state index contributed by atoms with van der Waals surface area (Å²) in [6.45, 7) is 2.75. The van der Waals surface area contributed by atoms with E-state index in [0.717, 1.165) is 5.56 Å². The van der Waals surface area contributed by atoms with Gasteiger partial charge in [-0.15, -0.1) is 0 Å². The highest BCUT2D eigenvalue weighted by Crippen LogP contribution is 2.13. The van der Waals surface area contributed by atoms with Crippen LogP contribution in [0.15, 0.2) is 36.8 Å². The molecular weight excluding hydrogens is 484 g/mol. The number of aromatic nitrogens is 2. The third-order valence-electron chi connectivity index (χ3n) is 5.93. The van der Waals surface area contributed by atoms with Crippen LogP contribution in [-0.4, -0.2) is 79.8 Å². The van der Waals surface area contributed by atoms with Crippen molar-refractivity contribution in [2.24, 2.45) is 11.7 Å². The number of nitrogens with zero attached hydrogens (tertiary/aromatic N) is 1. The molecule has 2 aromatic rings. The summed E-state index contributed by atoms with van der Waals surface area (Å²) in [4.78, 5) is 56.9. The Hall–Kier alpha value is -3.97.